The van der Waals surface area contributed by atoms with E-state index in [2.05, 4.69) is 0 Å². The quantitative estimate of drug-likeness (QED) is 0.933. The highest BCUT2D eigenvalue weighted by Gasteiger charge is 2.15. The van der Waals surface area contributed by atoms with Crippen molar-refractivity contribution >= 4 is 29.8 Å². The molecule has 0 unspecified atom stereocenters. The Labute approximate surface area is 116 Å². The number of carbonyl (C=O) groups is 1. The summed E-state index contributed by atoms with van der Waals surface area (Å²) >= 11 is 0. The van der Waals surface area contributed by atoms with Gasteiger partial charge in [-0.1, -0.05) is 30.3 Å². The average molecular weight is 282 g/mol. The Hall–Kier alpha value is -2.07. The lowest BCUT2D eigenvalue weighted by Gasteiger charge is -2.23. The van der Waals surface area contributed by atoms with Gasteiger partial charge in [0.2, 0.25) is 0 Å². The molecule has 0 bridgehead atoms. The molecule has 3 nitrogen and oxygen atoms in total. The van der Waals surface area contributed by atoms with Crippen molar-refractivity contribution in [2.45, 2.75) is 0 Å². The topological polar surface area (TPSA) is 40.5 Å². The van der Waals surface area contributed by atoms with Crippen molar-refractivity contribution in [3.05, 3.63) is 60.4 Å². The second kappa shape index (κ2) is 6.75. The van der Waals surface area contributed by atoms with E-state index >= 15 is 0 Å². The van der Waals surface area contributed by atoms with Gasteiger partial charge in [0.1, 0.15) is 12.4 Å². The number of hydrogen-bond donors (Lipinski definition) is 1. The van der Waals surface area contributed by atoms with E-state index in [0.29, 0.717) is 5.69 Å². The number of hydrogen-bond acceptors (Lipinski definition) is 2. The van der Waals surface area contributed by atoms with Gasteiger partial charge in [-0.2, -0.15) is 0 Å². The van der Waals surface area contributed by atoms with Crippen LogP contribution in [0.25, 0.3) is 0 Å². The molecule has 0 saturated heterocycles. The molecule has 5 heteroatoms. The number of rotatable bonds is 4. The SMILES string of the molecule is Cl.O=C(O)CN(c1ccccc1)c1ccccc1F. The van der Waals surface area contributed by atoms with Crippen molar-refractivity contribution in [2.75, 3.05) is 11.4 Å². The van der Waals surface area contributed by atoms with Crippen LogP contribution in [0.5, 0.6) is 0 Å². The number of carboxylic acid groups (broad SMARTS) is 1. The number of benzene rings is 2. The maximum absolute atomic E-state index is 13.7. The van der Waals surface area contributed by atoms with Crippen LogP contribution in [0.3, 0.4) is 0 Å². The van der Waals surface area contributed by atoms with Gasteiger partial charge in [0, 0.05) is 5.69 Å². The zero-order valence-electron chi connectivity index (χ0n) is 9.99. The maximum atomic E-state index is 13.7. The second-order valence-electron chi connectivity index (χ2n) is 3.77. The Balaban J connectivity index is 0.00000180. The lowest BCUT2D eigenvalue weighted by atomic mass is 10.2. The lowest BCUT2D eigenvalue weighted by molar-refractivity contribution is -0.135. The number of halogens is 2. The lowest BCUT2D eigenvalue weighted by Crippen LogP contribution is -2.25. The van der Waals surface area contributed by atoms with Crippen LogP contribution in [0.2, 0.25) is 0 Å². The van der Waals surface area contributed by atoms with Gasteiger partial charge in [-0.05, 0) is 24.3 Å². The van der Waals surface area contributed by atoms with E-state index in [-0.39, 0.29) is 24.6 Å². The molecule has 0 saturated carbocycles. The molecule has 0 aromatic heterocycles. The fourth-order valence-corrected chi connectivity index (χ4v) is 1.73. The van der Waals surface area contributed by atoms with Crippen molar-refractivity contribution in [1.82, 2.24) is 0 Å². The van der Waals surface area contributed by atoms with E-state index in [4.69, 9.17) is 5.11 Å². The Bertz CT molecular complexity index is 548. The summed E-state index contributed by atoms with van der Waals surface area (Å²) in [6.07, 6.45) is 0. The number of para-hydroxylation sites is 2. The fourth-order valence-electron chi connectivity index (χ4n) is 1.73. The number of carboxylic acids is 1. The molecule has 0 fully saturated rings. The van der Waals surface area contributed by atoms with Gasteiger partial charge in [0.15, 0.2) is 0 Å². The third kappa shape index (κ3) is 3.69. The normalized spacial score (nSPS) is 9.53. The largest absolute Gasteiger partial charge is 0.480 e. The van der Waals surface area contributed by atoms with Gasteiger partial charge in [-0.3, -0.25) is 4.79 Å². The number of nitrogens with zero attached hydrogens (tertiary/aromatic N) is 1. The summed E-state index contributed by atoms with van der Waals surface area (Å²) < 4.78 is 13.7. The van der Waals surface area contributed by atoms with E-state index < -0.39 is 11.8 Å². The summed E-state index contributed by atoms with van der Waals surface area (Å²) in [4.78, 5) is 12.3. The van der Waals surface area contributed by atoms with Crippen LogP contribution in [0, 0.1) is 5.82 Å². The highest BCUT2D eigenvalue weighted by atomic mass is 35.5. The molecule has 0 aliphatic rings. The van der Waals surface area contributed by atoms with E-state index in [0.717, 1.165) is 0 Å². The predicted octanol–water partition coefficient (Wildman–Crippen LogP) is 3.47. The minimum absolute atomic E-state index is 0. The molecule has 1 N–H and O–H groups in total. The first-order valence-electron chi connectivity index (χ1n) is 5.47. The molecule has 0 atom stereocenters. The molecule has 2 aromatic rings. The number of aliphatic carboxylic acids is 1. The van der Waals surface area contributed by atoms with Crippen molar-refractivity contribution in [3.63, 3.8) is 0 Å². The third-order valence-electron chi connectivity index (χ3n) is 2.50. The molecule has 0 radical (unpaired) electrons. The highest BCUT2D eigenvalue weighted by molar-refractivity contribution is 5.85. The molecule has 2 rings (SSSR count). The van der Waals surface area contributed by atoms with Crippen LogP contribution in [-0.2, 0) is 4.79 Å². The molecule has 0 aliphatic heterocycles. The summed E-state index contributed by atoms with van der Waals surface area (Å²) in [7, 11) is 0. The molecule has 0 spiro atoms. The van der Waals surface area contributed by atoms with E-state index in [1.165, 1.54) is 11.0 Å². The van der Waals surface area contributed by atoms with E-state index in [1.54, 1.807) is 42.5 Å². The smallest absolute Gasteiger partial charge is 0.323 e. The van der Waals surface area contributed by atoms with E-state index in [1.807, 2.05) is 6.07 Å². The predicted molar refractivity (Wildman–Crippen MR) is 74.7 cm³/mol. The minimum Gasteiger partial charge on any atom is -0.480 e. The highest BCUT2D eigenvalue weighted by Crippen LogP contribution is 2.26. The summed E-state index contributed by atoms with van der Waals surface area (Å²) in [5, 5.41) is 8.93. The summed E-state index contributed by atoms with van der Waals surface area (Å²) in [6, 6.07) is 15.0. The molecule has 100 valence electrons. The third-order valence-corrected chi connectivity index (χ3v) is 2.50. The maximum Gasteiger partial charge on any atom is 0.323 e. The summed E-state index contributed by atoms with van der Waals surface area (Å²) in [6.45, 7) is -0.287. The zero-order valence-corrected chi connectivity index (χ0v) is 10.8. The fraction of sp³-hybridized carbons (Fsp3) is 0.0714. The first kappa shape index (κ1) is 15.0. The minimum atomic E-state index is -1.01. The van der Waals surface area contributed by atoms with Crippen LogP contribution in [0.4, 0.5) is 15.8 Å². The Morgan fingerprint density at radius 1 is 1.05 bits per heavy atom. The second-order valence-corrected chi connectivity index (χ2v) is 3.77. The van der Waals surface area contributed by atoms with Gasteiger partial charge in [0.25, 0.3) is 0 Å². The van der Waals surface area contributed by atoms with Crippen molar-refractivity contribution in [1.29, 1.82) is 0 Å². The molecular formula is C14H13ClFNO2. The first-order valence-corrected chi connectivity index (χ1v) is 5.47. The first-order chi connectivity index (χ1) is 8.68. The van der Waals surface area contributed by atoms with Gasteiger partial charge >= 0.3 is 5.97 Å². The molecule has 0 aliphatic carbocycles. The van der Waals surface area contributed by atoms with E-state index in [9.17, 15) is 9.18 Å². The number of anilines is 2. The van der Waals surface area contributed by atoms with Crippen LogP contribution in [0.15, 0.2) is 54.6 Å². The van der Waals surface area contributed by atoms with Crippen molar-refractivity contribution in [3.8, 4) is 0 Å². The molecule has 2 aromatic carbocycles. The molecule has 0 heterocycles. The molecule has 0 amide bonds. The molecule has 19 heavy (non-hydrogen) atoms. The van der Waals surface area contributed by atoms with Crippen LogP contribution < -0.4 is 4.90 Å². The summed E-state index contributed by atoms with van der Waals surface area (Å²) in [5.74, 6) is -1.45. The Morgan fingerprint density at radius 2 is 1.63 bits per heavy atom. The zero-order chi connectivity index (χ0) is 13.0. The Morgan fingerprint density at radius 3 is 2.21 bits per heavy atom. The van der Waals surface area contributed by atoms with Crippen LogP contribution >= 0.6 is 12.4 Å². The van der Waals surface area contributed by atoms with Crippen molar-refractivity contribution in [2.24, 2.45) is 0 Å². The van der Waals surface area contributed by atoms with Gasteiger partial charge in [0.05, 0.1) is 5.69 Å². The van der Waals surface area contributed by atoms with Crippen LogP contribution in [0.1, 0.15) is 0 Å². The summed E-state index contributed by atoms with van der Waals surface area (Å²) in [5.41, 5.74) is 0.899. The van der Waals surface area contributed by atoms with Gasteiger partial charge < -0.3 is 10.0 Å². The van der Waals surface area contributed by atoms with Gasteiger partial charge in [-0.25, -0.2) is 4.39 Å². The standard InChI is InChI=1S/C14H12FNO2.ClH/c15-12-8-4-5-9-13(12)16(10-14(17)18)11-6-2-1-3-7-11;/h1-9H,10H2,(H,17,18);1H. The molecular weight excluding hydrogens is 269 g/mol. The van der Waals surface area contributed by atoms with Gasteiger partial charge in [-0.15, -0.1) is 12.4 Å². The van der Waals surface area contributed by atoms with Crippen molar-refractivity contribution < 1.29 is 14.3 Å². The monoisotopic (exact) mass is 281 g/mol. The average Bonchev–Trinajstić information content (AvgIpc) is 2.38. The van der Waals surface area contributed by atoms with Crippen LogP contribution in [-0.4, -0.2) is 17.6 Å². The Kier molecular flexibility index (Phi) is 5.33.